The highest BCUT2D eigenvalue weighted by Crippen LogP contribution is 2.46. The van der Waals surface area contributed by atoms with E-state index in [1.165, 1.54) is 19.1 Å². The molecule has 3 fully saturated rings. The molecule has 2 saturated carbocycles. The van der Waals surface area contributed by atoms with Crippen molar-refractivity contribution < 1.29 is 13.2 Å². The maximum atomic E-state index is 12.5. The largest absolute Gasteiger partial charge is 0.356 e. The Morgan fingerprint density at radius 1 is 1.23 bits per heavy atom. The van der Waals surface area contributed by atoms with E-state index in [1.54, 1.807) is 7.05 Å². The number of sulfone groups is 1. The van der Waals surface area contributed by atoms with Gasteiger partial charge in [-0.05, 0) is 32.1 Å². The van der Waals surface area contributed by atoms with Crippen molar-refractivity contribution in [2.24, 2.45) is 16.3 Å². The van der Waals surface area contributed by atoms with Gasteiger partial charge in [-0.3, -0.25) is 9.79 Å². The summed E-state index contributed by atoms with van der Waals surface area (Å²) in [4.78, 5) is 18.8. The molecule has 1 amide bonds. The van der Waals surface area contributed by atoms with Crippen LogP contribution in [0.15, 0.2) is 4.99 Å². The summed E-state index contributed by atoms with van der Waals surface area (Å²) in [6.07, 6.45) is 8.55. The second-order valence-corrected chi connectivity index (χ2v) is 10.5. The SMILES string of the molecule is CN=C(NCC1(CS(C)(=O)=O)CC1)NC1CCN(C(=O)C2CCCC2)C1. The number of nitrogens with zero attached hydrogens (tertiary/aromatic N) is 2. The van der Waals surface area contributed by atoms with Gasteiger partial charge in [0.25, 0.3) is 0 Å². The van der Waals surface area contributed by atoms with Crippen molar-refractivity contribution in [3.8, 4) is 0 Å². The Balaban J connectivity index is 1.45. The number of guanidine groups is 1. The molecule has 0 aromatic rings. The van der Waals surface area contributed by atoms with Crippen LogP contribution in [0.5, 0.6) is 0 Å². The van der Waals surface area contributed by atoms with E-state index in [2.05, 4.69) is 15.6 Å². The topological polar surface area (TPSA) is 90.9 Å². The molecule has 2 N–H and O–H groups in total. The van der Waals surface area contributed by atoms with Gasteiger partial charge in [-0.1, -0.05) is 12.8 Å². The van der Waals surface area contributed by atoms with Gasteiger partial charge in [-0.2, -0.15) is 0 Å². The summed E-state index contributed by atoms with van der Waals surface area (Å²) in [5, 5.41) is 6.69. The minimum Gasteiger partial charge on any atom is -0.356 e. The maximum Gasteiger partial charge on any atom is 0.225 e. The molecular formula is C18H32N4O3S. The number of aliphatic imine (C=N–C) groups is 1. The highest BCUT2D eigenvalue weighted by Gasteiger charge is 2.45. The summed E-state index contributed by atoms with van der Waals surface area (Å²) in [5.41, 5.74) is -0.134. The van der Waals surface area contributed by atoms with Crippen LogP contribution in [-0.2, 0) is 14.6 Å². The fourth-order valence-electron chi connectivity index (χ4n) is 4.27. The molecule has 0 radical (unpaired) electrons. The van der Waals surface area contributed by atoms with E-state index in [-0.39, 0.29) is 23.1 Å². The lowest BCUT2D eigenvalue weighted by molar-refractivity contribution is -0.134. The molecule has 0 spiro atoms. The fourth-order valence-corrected chi connectivity index (χ4v) is 5.78. The zero-order chi connectivity index (χ0) is 18.8. The first kappa shape index (κ1) is 19.5. The summed E-state index contributed by atoms with van der Waals surface area (Å²) >= 11 is 0. The predicted molar refractivity (Wildman–Crippen MR) is 103 cm³/mol. The van der Waals surface area contributed by atoms with E-state index in [0.29, 0.717) is 18.4 Å². The lowest BCUT2D eigenvalue weighted by Crippen LogP contribution is -2.47. The predicted octanol–water partition coefficient (Wildman–Crippen LogP) is 0.767. The lowest BCUT2D eigenvalue weighted by atomic mass is 10.1. The summed E-state index contributed by atoms with van der Waals surface area (Å²) in [5.74, 6) is 1.48. The molecule has 3 aliphatic rings. The Morgan fingerprint density at radius 3 is 2.50 bits per heavy atom. The van der Waals surface area contributed by atoms with Gasteiger partial charge in [0.2, 0.25) is 5.91 Å². The van der Waals surface area contributed by atoms with Crippen molar-refractivity contribution in [3.63, 3.8) is 0 Å². The molecule has 1 aliphatic heterocycles. The first-order valence-electron chi connectivity index (χ1n) is 9.74. The molecule has 1 atom stereocenters. The van der Waals surface area contributed by atoms with Crippen LogP contribution in [0.4, 0.5) is 0 Å². The van der Waals surface area contributed by atoms with Crippen LogP contribution < -0.4 is 10.6 Å². The summed E-state index contributed by atoms with van der Waals surface area (Å²) < 4.78 is 23.2. The molecule has 8 heteroatoms. The molecule has 1 unspecified atom stereocenters. The van der Waals surface area contributed by atoms with Crippen LogP contribution in [0, 0.1) is 11.3 Å². The Morgan fingerprint density at radius 2 is 1.92 bits per heavy atom. The van der Waals surface area contributed by atoms with Gasteiger partial charge >= 0.3 is 0 Å². The third kappa shape index (κ3) is 5.11. The molecule has 1 saturated heterocycles. The first-order valence-corrected chi connectivity index (χ1v) is 11.8. The highest BCUT2D eigenvalue weighted by molar-refractivity contribution is 7.90. The number of amides is 1. The lowest BCUT2D eigenvalue weighted by Gasteiger charge is -2.22. The van der Waals surface area contributed by atoms with Crippen molar-refractivity contribution >= 4 is 21.7 Å². The zero-order valence-electron chi connectivity index (χ0n) is 16.0. The third-order valence-electron chi connectivity index (χ3n) is 5.93. The summed E-state index contributed by atoms with van der Waals surface area (Å²) in [7, 11) is -1.24. The molecule has 0 bridgehead atoms. The third-order valence-corrected chi connectivity index (χ3v) is 7.06. The first-order chi connectivity index (χ1) is 12.3. The zero-order valence-corrected chi connectivity index (χ0v) is 16.8. The van der Waals surface area contributed by atoms with Crippen molar-refractivity contribution in [3.05, 3.63) is 0 Å². The second-order valence-electron chi connectivity index (χ2n) is 8.39. The van der Waals surface area contributed by atoms with Crippen molar-refractivity contribution in [2.45, 2.75) is 51.0 Å². The van der Waals surface area contributed by atoms with Gasteiger partial charge in [0.1, 0.15) is 9.84 Å². The van der Waals surface area contributed by atoms with Crippen LogP contribution in [0.3, 0.4) is 0 Å². The maximum absolute atomic E-state index is 12.5. The van der Waals surface area contributed by atoms with Gasteiger partial charge < -0.3 is 15.5 Å². The Labute approximate surface area is 156 Å². The molecule has 2 aliphatic carbocycles. The molecule has 7 nitrogen and oxygen atoms in total. The molecule has 0 aromatic carbocycles. The number of carbonyl (C=O) groups is 1. The van der Waals surface area contributed by atoms with Crippen LogP contribution in [0.1, 0.15) is 44.9 Å². The normalized spacial score (nSPS) is 26.2. The van der Waals surface area contributed by atoms with Crippen LogP contribution >= 0.6 is 0 Å². The average Bonchev–Trinajstić information content (AvgIpc) is 3.02. The summed E-state index contributed by atoms with van der Waals surface area (Å²) in [6.45, 7) is 2.16. The van der Waals surface area contributed by atoms with E-state index in [4.69, 9.17) is 0 Å². The second kappa shape index (κ2) is 7.74. The van der Waals surface area contributed by atoms with Gasteiger partial charge in [-0.25, -0.2) is 8.42 Å². The Kier molecular flexibility index (Phi) is 5.79. The van der Waals surface area contributed by atoms with Gasteiger partial charge in [-0.15, -0.1) is 0 Å². The van der Waals surface area contributed by atoms with E-state index >= 15 is 0 Å². The molecule has 26 heavy (non-hydrogen) atoms. The number of hydrogen-bond donors (Lipinski definition) is 2. The van der Waals surface area contributed by atoms with E-state index < -0.39 is 9.84 Å². The van der Waals surface area contributed by atoms with Crippen molar-refractivity contribution in [1.29, 1.82) is 0 Å². The van der Waals surface area contributed by atoms with Crippen molar-refractivity contribution in [1.82, 2.24) is 15.5 Å². The Bertz CT molecular complexity index is 651. The molecule has 1 heterocycles. The minimum absolute atomic E-state index is 0.134. The number of likely N-dealkylation sites (tertiary alicyclic amines) is 1. The number of carbonyl (C=O) groups excluding carboxylic acids is 1. The van der Waals surface area contributed by atoms with Crippen LogP contribution in [-0.4, -0.2) is 69.9 Å². The Hall–Kier alpha value is -1.31. The number of hydrogen-bond acceptors (Lipinski definition) is 4. The van der Waals surface area contributed by atoms with E-state index in [1.807, 2.05) is 4.90 Å². The van der Waals surface area contributed by atoms with Crippen LogP contribution in [0.2, 0.25) is 0 Å². The van der Waals surface area contributed by atoms with Crippen LogP contribution in [0.25, 0.3) is 0 Å². The van der Waals surface area contributed by atoms with Gasteiger partial charge in [0, 0.05) is 50.3 Å². The standard InChI is InChI=1S/C18H32N4O3S/c1-19-17(20-12-18(8-9-18)13-26(2,24)25)21-15-7-10-22(11-15)16(23)14-5-3-4-6-14/h14-15H,3-13H2,1-2H3,(H2,19,20,21). The van der Waals surface area contributed by atoms with Gasteiger partial charge in [0.05, 0.1) is 5.75 Å². The molecule has 0 aromatic heterocycles. The quantitative estimate of drug-likeness (QED) is 0.521. The molecular weight excluding hydrogens is 352 g/mol. The minimum atomic E-state index is -2.97. The number of rotatable bonds is 6. The van der Waals surface area contributed by atoms with Crippen molar-refractivity contribution in [2.75, 3.05) is 38.7 Å². The monoisotopic (exact) mass is 384 g/mol. The van der Waals surface area contributed by atoms with E-state index in [0.717, 1.165) is 45.2 Å². The van der Waals surface area contributed by atoms with Gasteiger partial charge in [0.15, 0.2) is 5.96 Å². The molecule has 3 rings (SSSR count). The average molecular weight is 385 g/mol. The smallest absolute Gasteiger partial charge is 0.225 e. The molecule has 148 valence electrons. The summed E-state index contributed by atoms with van der Waals surface area (Å²) in [6, 6.07) is 0.205. The fraction of sp³-hybridized carbons (Fsp3) is 0.889. The van der Waals surface area contributed by atoms with E-state index in [9.17, 15) is 13.2 Å². The number of nitrogens with one attached hydrogen (secondary N) is 2. The highest BCUT2D eigenvalue weighted by atomic mass is 32.2.